The molecule has 0 saturated carbocycles. The summed E-state index contributed by atoms with van der Waals surface area (Å²) in [5, 5.41) is 15.6. The van der Waals surface area contributed by atoms with Crippen molar-refractivity contribution < 1.29 is 9.13 Å². The van der Waals surface area contributed by atoms with Crippen LogP contribution in [-0.4, -0.2) is 15.2 Å². The van der Waals surface area contributed by atoms with Gasteiger partial charge in [-0.25, -0.2) is 9.37 Å². The maximum atomic E-state index is 13.0. The highest BCUT2D eigenvalue weighted by atomic mass is 19.1. The van der Waals surface area contributed by atoms with E-state index >= 15 is 0 Å². The highest BCUT2D eigenvalue weighted by Gasteiger charge is 2.11. The number of aromatic nitrogens is 3. The Morgan fingerprint density at radius 1 is 1.19 bits per heavy atom. The molecule has 0 spiro atoms. The predicted octanol–water partition coefficient (Wildman–Crippen LogP) is 3.27. The average Bonchev–Trinajstić information content (AvgIpc) is 2.96. The molecule has 2 heterocycles. The molecule has 0 radical (unpaired) electrons. The average molecular weight is 280 g/mol. The Morgan fingerprint density at radius 3 is 2.76 bits per heavy atom. The maximum absolute atomic E-state index is 13.0. The Labute approximate surface area is 119 Å². The van der Waals surface area contributed by atoms with Crippen LogP contribution < -0.4 is 4.74 Å². The van der Waals surface area contributed by atoms with Gasteiger partial charge in [-0.3, -0.25) is 5.10 Å². The number of H-pyrrole nitrogens is 1. The van der Waals surface area contributed by atoms with E-state index in [1.54, 1.807) is 18.2 Å². The lowest BCUT2D eigenvalue weighted by molar-refractivity contribution is 0.464. The highest BCUT2D eigenvalue weighted by molar-refractivity contribution is 5.66. The highest BCUT2D eigenvalue weighted by Crippen LogP contribution is 2.30. The molecule has 0 amide bonds. The summed E-state index contributed by atoms with van der Waals surface area (Å²) >= 11 is 0. The number of nitrogens with zero attached hydrogens (tertiary/aromatic N) is 3. The van der Waals surface area contributed by atoms with Gasteiger partial charge < -0.3 is 4.74 Å². The number of ether oxygens (including phenoxy) is 1. The van der Waals surface area contributed by atoms with E-state index in [0.717, 1.165) is 5.56 Å². The van der Waals surface area contributed by atoms with E-state index in [-0.39, 0.29) is 5.82 Å². The second-order valence-electron chi connectivity index (χ2n) is 4.21. The van der Waals surface area contributed by atoms with Crippen LogP contribution in [0, 0.1) is 17.1 Å². The molecule has 0 aliphatic rings. The van der Waals surface area contributed by atoms with Gasteiger partial charge in [0.05, 0.1) is 17.8 Å². The largest absolute Gasteiger partial charge is 0.435 e. The summed E-state index contributed by atoms with van der Waals surface area (Å²) in [4.78, 5) is 4.04. The van der Waals surface area contributed by atoms with Crippen molar-refractivity contribution in [1.82, 2.24) is 15.2 Å². The van der Waals surface area contributed by atoms with Gasteiger partial charge in [-0.2, -0.15) is 10.4 Å². The molecule has 0 aliphatic heterocycles. The van der Waals surface area contributed by atoms with Gasteiger partial charge in [0.25, 0.3) is 0 Å². The minimum atomic E-state index is -0.316. The first-order chi connectivity index (χ1) is 10.3. The number of pyridine rings is 1. The van der Waals surface area contributed by atoms with Crippen molar-refractivity contribution in [1.29, 1.82) is 5.26 Å². The van der Waals surface area contributed by atoms with Gasteiger partial charge in [-0.15, -0.1) is 0 Å². The minimum absolute atomic E-state index is 0.291. The fourth-order valence-corrected chi connectivity index (χ4v) is 1.82. The molecule has 1 N–H and O–H groups in total. The zero-order chi connectivity index (χ0) is 14.7. The van der Waals surface area contributed by atoms with Gasteiger partial charge in [0.1, 0.15) is 11.5 Å². The third kappa shape index (κ3) is 2.72. The Hall–Kier alpha value is -3.20. The second kappa shape index (κ2) is 5.43. The van der Waals surface area contributed by atoms with Gasteiger partial charge in [-0.05, 0) is 30.3 Å². The first-order valence-corrected chi connectivity index (χ1v) is 6.09. The van der Waals surface area contributed by atoms with Crippen LogP contribution in [0.3, 0.4) is 0 Å². The molecule has 0 aliphatic carbocycles. The molecule has 0 atom stereocenters. The Bertz CT molecular complexity index is 805. The molecule has 6 heteroatoms. The zero-order valence-corrected chi connectivity index (χ0v) is 10.7. The van der Waals surface area contributed by atoms with Crippen LogP contribution in [0.15, 0.2) is 48.8 Å². The Morgan fingerprint density at radius 2 is 2.00 bits per heavy atom. The first kappa shape index (κ1) is 12.8. The van der Waals surface area contributed by atoms with Gasteiger partial charge in [0.15, 0.2) is 5.75 Å². The van der Waals surface area contributed by atoms with Crippen LogP contribution in [0.5, 0.6) is 11.6 Å². The van der Waals surface area contributed by atoms with Gasteiger partial charge in [0.2, 0.25) is 5.88 Å². The summed E-state index contributed by atoms with van der Waals surface area (Å²) in [7, 11) is 0. The number of nitrogens with one attached hydrogen (secondary N) is 1. The van der Waals surface area contributed by atoms with Crippen molar-refractivity contribution in [3.05, 3.63) is 60.2 Å². The number of aromatic amines is 1. The van der Waals surface area contributed by atoms with Crippen molar-refractivity contribution in [2.75, 3.05) is 0 Å². The third-order valence-corrected chi connectivity index (χ3v) is 2.82. The molecule has 102 valence electrons. The van der Waals surface area contributed by atoms with Gasteiger partial charge in [0, 0.05) is 17.8 Å². The number of nitriles is 1. The number of hydrogen-bond donors (Lipinski definition) is 1. The number of halogens is 1. The SMILES string of the molecule is N#Cc1ccnc(Oc2cn[nH]c2-c2ccc(F)cc2)c1. The summed E-state index contributed by atoms with van der Waals surface area (Å²) in [5.74, 6) is 0.423. The van der Waals surface area contributed by atoms with E-state index in [4.69, 9.17) is 10.00 Å². The Balaban J connectivity index is 1.92. The smallest absolute Gasteiger partial charge is 0.220 e. The van der Waals surface area contributed by atoms with Crippen molar-refractivity contribution in [3.63, 3.8) is 0 Å². The standard InChI is InChI=1S/C15H9FN4O/c16-12-3-1-11(2-4-12)15-13(9-19-20-15)21-14-7-10(8-17)5-6-18-14/h1-7,9H,(H,19,20). The van der Waals surface area contributed by atoms with Gasteiger partial charge >= 0.3 is 0 Å². The van der Waals surface area contributed by atoms with Crippen LogP contribution in [0.4, 0.5) is 4.39 Å². The predicted molar refractivity (Wildman–Crippen MR) is 73.0 cm³/mol. The minimum Gasteiger partial charge on any atom is -0.435 e. The van der Waals surface area contributed by atoms with Crippen LogP contribution in [0.25, 0.3) is 11.3 Å². The molecular formula is C15H9FN4O. The summed E-state index contributed by atoms with van der Waals surface area (Å²) in [5.41, 5.74) is 1.80. The number of benzene rings is 1. The Kier molecular flexibility index (Phi) is 3.31. The molecule has 5 nitrogen and oxygen atoms in total. The van der Waals surface area contributed by atoms with E-state index in [9.17, 15) is 4.39 Å². The molecule has 21 heavy (non-hydrogen) atoms. The molecule has 0 unspecified atom stereocenters. The molecule has 0 fully saturated rings. The molecule has 3 rings (SSSR count). The number of rotatable bonds is 3. The summed E-state index contributed by atoms with van der Waals surface area (Å²) in [6.07, 6.45) is 2.99. The number of hydrogen-bond acceptors (Lipinski definition) is 4. The lowest BCUT2D eigenvalue weighted by atomic mass is 10.1. The third-order valence-electron chi connectivity index (χ3n) is 2.82. The van der Waals surface area contributed by atoms with E-state index < -0.39 is 0 Å². The monoisotopic (exact) mass is 280 g/mol. The van der Waals surface area contributed by atoms with Crippen LogP contribution in [0.2, 0.25) is 0 Å². The van der Waals surface area contributed by atoms with Crippen LogP contribution in [0.1, 0.15) is 5.56 Å². The van der Waals surface area contributed by atoms with Gasteiger partial charge in [-0.1, -0.05) is 0 Å². The van der Waals surface area contributed by atoms with Crippen molar-refractivity contribution in [2.45, 2.75) is 0 Å². The lowest BCUT2D eigenvalue weighted by Gasteiger charge is -2.05. The molecular weight excluding hydrogens is 271 g/mol. The fourth-order valence-electron chi connectivity index (χ4n) is 1.82. The lowest BCUT2D eigenvalue weighted by Crippen LogP contribution is -1.90. The molecule has 0 bridgehead atoms. The quantitative estimate of drug-likeness (QED) is 0.799. The van der Waals surface area contributed by atoms with Crippen LogP contribution >= 0.6 is 0 Å². The molecule has 0 saturated heterocycles. The maximum Gasteiger partial charge on any atom is 0.220 e. The normalized spacial score (nSPS) is 10.1. The van der Waals surface area contributed by atoms with Crippen molar-refractivity contribution >= 4 is 0 Å². The summed E-state index contributed by atoms with van der Waals surface area (Å²) in [6, 6.07) is 11.1. The van der Waals surface area contributed by atoms with E-state index in [1.807, 2.05) is 6.07 Å². The van der Waals surface area contributed by atoms with Crippen molar-refractivity contribution in [3.8, 4) is 29.0 Å². The zero-order valence-electron chi connectivity index (χ0n) is 10.7. The fraction of sp³-hybridized carbons (Fsp3) is 0. The second-order valence-corrected chi connectivity index (χ2v) is 4.21. The van der Waals surface area contributed by atoms with E-state index in [0.29, 0.717) is 22.9 Å². The topological polar surface area (TPSA) is 74.6 Å². The molecule has 2 aromatic heterocycles. The van der Waals surface area contributed by atoms with E-state index in [2.05, 4.69) is 15.2 Å². The van der Waals surface area contributed by atoms with E-state index in [1.165, 1.54) is 30.6 Å². The summed E-state index contributed by atoms with van der Waals surface area (Å²) < 4.78 is 18.6. The van der Waals surface area contributed by atoms with Crippen molar-refractivity contribution in [2.24, 2.45) is 0 Å². The summed E-state index contributed by atoms with van der Waals surface area (Å²) in [6.45, 7) is 0. The molecule has 3 aromatic rings. The first-order valence-electron chi connectivity index (χ1n) is 6.09. The van der Waals surface area contributed by atoms with Crippen LogP contribution in [-0.2, 0) is 0 Å². The molecule has 1 aromatic carbocycles.